The molecule has 1 N–H and O–H groups in total. The molecule has 0 saturated carbocycles. The quantitative estimate of drug-likeness (QED) is 0.554. The number of nitrogens with one attached hydrogen (secondary N) is 1. The molecule has 39 heavy (non-hydrogen) atoms. The van der Waals surface area contributed by atoms with Crippen molar-refractivity contribution >= 4 is 28.1 Å². The van der Waals surface area contributed by atoms with Gasteiger partial charge in [0.1, 0.15) is 11.9 Å². The van der Waals surface area contributed by atoms with Crippen molar-refractivity contribution in [1.29, 1.82) is 5.26 Å². The van der Waals surface area contributed by atoms with Crippen LogP contribution in [0, 0.1) is 18.3 Å². The highest BCUT2D eigenvalue weighted by atomic mass is 16.5. The predicted octanol–water partition coefficient (Wildman–Crippen LogP) is 2.39. The highest BCUT2D eigenvalue weighted by Crippen LogP contribution is 2.33. The minimum atomic E-state index is 0.184. The first-order valence-electron chi connectivity index (χ1n) is 14.6. The number of pyridine rings is 2. The topological polar surface area (TPSA) is 83.8 Å². The van der Waals surface area contributed by atoms with Crippen LogP contribution in [0.15, 0.2) is 42.7 Å². The van der Waals surface area contributed by atoms with E-state index in [0.717, 1.165) is 75.9 Å². The van der Waals surface area contributed by atoms with Gasteiger partial charge in [0.05, 0.1) is 43.1 Å². The first-order chi connectivity index (χ1) is 19.5. The van der Waals surface area contributed by atoms with Crippen molar-refractivity contribution in [2.45, 2.75) is 38.1 Å². The van der Waals surface area contributed by atoms with Crippen molar-refractivity contribution in [1.82, 2.24) is 20.2 Å². The van der Waals surface area contributed by atoms with Crippen LogP contribution in [-0.2, 0) is 4.74 Å². The number of nitrogens with zero attached hydrogens (tertiary/aromatic N) is 7. The fourth-order valence-electron chi connectivity index (χ4n) is 7.09. The second kappa shape index (κ2) is 9.94. The van der Waals surface area contributed by atoms with E-state index in [1.807, 2.05) is 18.3 Å². The summed E-state index contributed by atoms with van der Waals surface area (Å²) >= 11 is 0. The first-order valence-corrected chi connectivity index (χ1v) is 14.1. The van der Waals surface area contributed by atoms with E-state index >= 15 is 0 Å². The SMILES string of the molecule is [2H]c1ccc2c(N3C[C@@H]4CN(c5ncc(N6C[C@H]7NCCO[C@@H]7C6)cc5C)CCN4[C@@H](C)C3)ccc(C#N)c2n1. The third-order valence-electron chi connectivity index (χ3n) is 8.97. The lowest BCUT2D eigenvalue weighted by atomic mass is 10.0. The molecule has 7 rings (SSSR count). The summed E-state index contributed by atoms with van der Waals surface area (Å²) in [6.07, 6.45) is 2.48. The Morgan fingerprint density at radius 2 is 1.97 bits per heavy atom. The summed E-state index contributed by atoms with van der Waals surface area (Å²) in [5.74, 6) is 1.08. The number of aryl methyl sites for hydroxylation is 1. The Kier molecular flexibility index (Phi) is 5.97. The molecular weight excluding hydrogens is 488 g/mol. The Bertz CT molecular complexity index is 1460. The molecule has 0 bridgehead atoms. The van der Waals surface area contributed by atoms with Gasteiger partial charge in [-0.1, -0.05) is 0 Å². The van der Waals surface area contributed by atoms with Gasteiger partial charge in [0.15, 0.2) is 0 Å². The van der Waals surface area contributed by atoms with Crippen LogP contribution >= 0.6 is 0 Å². The summed E-state index contributed by atoms with van der Waals surface area (Å²) in [7, 11) is 0. The molecule has 9 heteroatoms. The highest BCUT2D eigenvalue weighted by Gasteiger charge is 2.38. The van der Waals surface area contributed by atoms with Crippen LogP contribution in [-0.4, -0.2) is 98.1 Å². The number of hydrogen-bond donors (Lipinski definition) is 1. The Morgan fingerprint density at radius 1 is 1.08 bits per heavy atom. The van der Waals surface area contributed by atoms with E-state index in [-0.39, 0.29) is 12.3 Å². The molecule has 0 radical (unpaired) electrons. The van der Waals surface area contributed by atoms with Crippen LogP contribution in [0.1, 0.15) is 19.4 Å². The lowest BCUT2D eigenvalue weighted by Gasteiger charge is -2.51. The fraction of sp³-hybridized carbons (Fsp3) is 0.500. The number of fused-ring (bicyclic) bond motifs is 3. The molecule has 4 fully saturated rings. The van der Waals surface area contributed by atoms with Gasteiger partial charge in [0.2, 0.25) is 0 Å². The number of morpholine rings is 1. The maximum atomic E-state index is 9.62. The van der Waals surface area contributed by atoms with E-state index in [2.05, 4.69) is 61.9 Å². The van der Waals surface area contributed by atoms with Crippen molar-refractivity contribution in [2.24, 2.45) is 0 Å². The Morgan fingerprint density at radius 3 is 2.82 bits per heavy atom. The van der Waals surface area contributed by atoms with Gasteiger partial charge in [-0.3, -0.25) is 9.88 Å². The second-order valence-corrected chi connectivity index (χ2v) is 11.4. The molecule has 3 aromatic rings. The summed E-state index contributed by atoms with van der Waals surface area (Å²) in [6, 6.07) is 13.3. The van der Waals surface area contributed by atoms with Gasteiger partial charge in [-0.15, -0.1) is 0 Å². The molecule has 0 unspecified atom stereocenters. The Balaban J connectivity index is 1.10. The van der Waals surface area contributed by atoms with E-state index in [4.69, 9.17) is 11.1 Å². The second-order valence-electron chi connectivity index (χ2n) is 11.4. The number of nitriles is 1. The van der Waals surface area contributed by atoms with E-state index < -0.39 is 0 Å². The summed E-state index contributed by atoms with van der Waals surface area (Å²) < 4.78 is 13.9. The zero-order valence-electron chi connectivity index (χ0n) is 23.7. The molecule has 4 atom stereocenters. The smallest absolute Gasteiger partial charge is 0.131 e. The van der Waals surface area contributed by atoms with Crippen LogP contribution in [0.5, 0.6) is 0 Å². The fourth-order valence-corrected chi connectivity index (χ4v) is 7.09. The molecule has 9 nitrogen and oxygen atoms in total. The molecule has 202 valence electrons. The number of aromatic nitrogens is 2. The van der Waals surface area contributed by atoms with Gasteiger partial charge in [0, 0.05) is 81.7 Å². The van der Waals surface area contributed by atoms with Gasteiger partial charge in [-0.25, -0.2) is 4.98 Å². The predicted molar refractivity (Wildman–Crippen MR) is 154 cm³/mol. The molecule has 4 aliphatic heterocycles. The monoisotopic (exact) mass is 525 g/mol. The van der Waals surface area contributed by atoms with Crippen molar-refractivity contribution in [3.8, 4) is 6.07 Å². The first kappa shape index (κ1) is 23.4. The van der Waals surface area contributed by atoms with Crippen molar-refractivity contribution < 1.29 is 6.11 Å². The molecule has 4 saturated heterocycles. The zero-order valence-corrected chi connectivity index (χ0v) is 22.7. The van der Waals surface area contributed by atoms with Crippen LogP contribution in [0.2, 0.25) is 0 Å². The minimum absolute atomic E-state index is 0.184. The van der Waals surface area contributed by atoms with Crippen LogP contribution in [0.25, 0.3) is 10.9 Å². The lowest BCUT2D eigenvalue weighted by Crippen LogP contribution is -2.65. The number of rotatable bonds is 3. The molecule has 0 spiro atoms. The van der Waals surface area contributed by atoms with E-state index in [1.165, 1.54) is 11.3 Å². The van der Waals surface area contributed by atoms with E-state index in [0.29, 0.717) is 29.2 Å². The molecule has 0 aliphatic carbocycles. The zero-order chi connectivity index (χ0) is 27.4. The van der Waals surface area contributed by atoms with Crippen molar-refractivity contribution in [3.05, 3.63) is 53.8 Å². The number of benzene rings is 1. The standard InChI is InChI=1S/C30H36N8O/c1-20-12-23(36-18-26-28(19-36)39-11-8-32-26)14-34-30(20)35-9-10-38-21(2)15-37(17-24(38)16-35)27-6-5-22(13-31)29-25(27)4-3-7-33-29/h3-7,12,14,21,24,26,28,32H,8-11,15-19H2,1-2H3/t21-,24-,26+,28+/m0/s1/i7D. The maximum Gasteiger partial charge on any atom is 0.131 e. The average molecular weight is 526 g/mol. The molecule has 6 heterocycles. The van der Waals surface area contributed by atoms with Crippen LogP contribution < -0.4 is 20.0 Å². The van der Waals surface area contributed by atoms with Crippen molar-refractivity contribution in [2.75, 3.05) is 73.7 Å². The molecular formula is C30H36N8O. The minimum Gasteiger partial charge on any atom is -0.373 e. The molecule has 2 aromatic heterocycles. The average Bonchev–Trinajstić information content (AvgIpc) is 3.40. The number of hydrogen-bond acceptors (Lipinski definition) is 9. The van der Waals surface area contributed by atoms with Gasteiger partial charge < -0.3 is 24.8 Å². The van der Waals surface area contributed by atoms with Gasteiger partial charge >= 0.3 is 0 Å². The van der Waals surface area contributed by atoms with Crippen LogP contribution in [0.3, 0.4) is 0 Å². The molecule has 0 amide bonds. The Hall–Kier alpha value is -3.45. The number of anilines is 3. The summed E-state index contributed by atoms with van der Waals surface area (Å²) in [4.78, 5) is 19.3. The maximum absolute atomic E-state index is 9.62. The van der Waals surface area contributed by atoms with Gasteiger partial charge in [-0.05, 0) is 49.7 Å². The van der Waals surface area contributed by atoms with Gasteiger partial charge in [-0.2, -0.15) is 5.26 Å². The number of piperazine rings is 2. The van der Waals surface area contributed by atoms with E-state index in [9.17, 15) is 5.26 Å². The number of ether oxygens (including phenoxy) is 1. The lowest BCUT2D eigenvalue weighted by molar-refractivity contribution is 0.0212. The summed E-state index contributed by atoms with van der Waals surface area (Å²) in [5, 5.41) is 14.2. The van der Waals surface area contributed by atoms with E-state index in [1.54, 1.807) is 6.07 Å². The summed E-state index contributed by atoms with van der Waals surface area (Å²) in [6.45, 7) is 12.8. The third-order valence-corrected chi connectivity index (χ3v) is 8.97. The molecule has 1 aromatic carbocycles. The van der Waals surface area contributed by atoms with Crippen LogP contribution in [0.4, 0.5) is 17.2 Å². The largest absolute Gasteiger partial charge is 0.373 e. The third kappa shape index (κ3) is 4.37. The van der Waals surface area contributed by atoms with Gasteiger partial charge in [0.25, 0.3) is 0 Å². The molecule has 4 aliphatic rings. The van der Waals surface area contributed by atoms with Crippen molar-refractivity contribution in [3.63, 3.8) is 0 Å². The highest BCUT2D eigenvalue weighted by molar-refractivity contribution is 5.95. The summed E-state index contributed by atoms with van der Waals surface area (Å²) in [5.41, 5.74) is 4.62. The normalized spacial score (nSPS) is 27.7. The Labute approximate surface area is 231 Å².